The first-order chi connectivity index (χ1) is 9.13. The van der Waals surface area contributed by atoms with Gasteiger partial charge in [0.25, 0.3) is 0 Å². The third-order valence-corrected chi connectivity index (χ3v) is 3.19. The zero-order valence-electron chi connectivity index (χ0n) is 11.1. The van der Waals surface area contributed by atoms with Crippen LogP contribution in [0.15, 0.2) is 18.2 Å². The second-order valence-electron chi connectivity index (χ2n) is 4.64. The Balaban J connectivity index is 2.42. The molecular formula is C14H19N3O2. The van der Waals surface area contributed by atoms with Gasteiger partial charge in [0.15, 0.2) is 0 Å². The summed E-state index contributed by atoms with van der Waals surface area (Å²) in [5.41, 5.74) is 8.27. The van der Waals surface area contributed by atoms with Gasteiger partial charge in [-0.3, -0.25) is 4.79 Å². The third kappa shape index (κ3) is 2.86. The van der Waals surface area contributed by atoms with Crippen molar-refractivity contribution in [1.29, 1.82) is 0 Å². The molecule has 0 bridgehead atoms. The third-order valence-electron chi connectivity index (χ3n) is 3.19. The van der Waals surface area contributed by atoms with Crippen LogP contribution in [-0.4, -0.2) is 20.6 Å². The number of carbonyl (C=O) groups is 1. The number of hydrogen-bond donors (Lipinski definition) is 2. The largest absolute Gasteiger partial charge is 0.481 e. The second kappa shape index (κ2) is 5.73. The number of aliphatic carboxylic acids is 1. The molecule has 0 aliphatic carbocycles. The number of nitrogens with zero attached hydrogens (tertiary/aromatic N) is 2. The summed E-state index contributed by atoms with van der Waals surface area (Å²) in [6, 6.07) is 5.64. The van der Waals surface area contributed by atoms with Gasteiger partial charge in [-0.15, -0.1) is 0 Å². The molecule has 0 aliphatic rings. The van der Waals surface area contributed by atoms with Crippen LogP contribution in [0.5, 0.6) is 0 Å². The van der Waals surface area contributed by atoms with E-state index in [0.717, 1.165) is 36.1 Å². The molecule has 0 spiro atoms. The normalized spacial score (nSPS) is 11.0. The van der Waals surface area contributed by atoms with Crippen molar-refractivity contribution < 1.29 is 9.90 Å². The van der Waals surface area contributed by atoms with Crippen molar-refractivity contribution in [2.24, 2.45) is 0 Å². The molecule has 5 heteroatoms. The van der Waals surface area contributed by atoms with Crippen LogP contribution in [0.2, 0.25) is 0 Å². The Morgan fingerprint density at radius 3 is 2.95 bits per heavy atom. The minimum Gasteiger partial charge on any atom is -0.481 e. The van der Waals surface area contributed by atoms with Gasteiger partial charge in [-0.1, -0.05) is 19.4 Å². The lowest BCUT2D eigenvalue weighted by Crippen LogP contribution is -2.08. The summed E-state index contributed by atoms with van der Waals surface area (Å²) in [4.78, 5) is 15.3. The molecule has 1 aromatic carbocycles. The standard InChI is InChI=1S/C14H19N3O2/c1-2-3-7-12-16-14-10(15)5-4-6-11(14)17(12)9-8-13(18)19/h4-6H,2-3,7-9,15H2,1H3,(H,18,19). The molecule has 2 aromatic rings. The lowest BCUT2D eigenvalue weighted by Gasteiger charge is -2.07. The Morgan fingerprint density at radius 1 is 1.47 bits per heavy atom. The van der Waals surface area contributed by atoms with Gasteiger partial charge in [-0.2, -0.15) is 0 Å². The SMILES string of the molecule is CCCCc1nc2c(N)cccc2n1CCC(=O)O. The zero-order chi connectivity index (χ0) is 13.8. The highest BCUT2D eigenvalue weighted by Gasteiger charge is 2.12. The molecule has 0 radical (unpaired) electrons. The van der Waals surface area contributed by atoms with Crippen molar-refractivity contribution in [2.45, 2.75) is 39.2 Å². The number of rotatable bonds is 6. The Labute approximate surface area is 112 Å². The van der Waals surface area contributed by atoms with Crippen LogP contribution < -0.4 is 5.73 Å². The maximum absolute atomic E-state index is 10.8. The van der Waals surface area contributed by atoms with Crippen molar-refractivity contribution in [1.82, 2.24) is 9.55 Å². The topological polar surface area (TPSA) is 81.1 Å². The van der Waals surface area contributed by atoms with Gasteiger partial charge in [0.1, 0.15) is 11.3 Å². The van der Waals surface area contributed by atoms with E-state index in [1.807, 2.05) is 22.8 Å². The van der Waals surface area contributed by atoms with Gasteiger partial charge in [-0.25, -0.2) is 4.98 Å². The van der Waals surface area contributed by atoms with Crippen LogP contribution in [0, 0.1) is 0 Å². The van der Waals surface area contributed by atoms with Gasteiger partial charge in [0.05, 0.1) is 17.6 Å². The number of unbranched alkanes of at least 4 members (excludes halogenated alkanes) is 1. The lowest BCUT2D eigenvalue weighted by atomic mass is 10.2. The predicted octanol–water partition coefficient (Wildman–Crippen LogP) is 2.44. The number of aryl methyl sites for hydroxylation is 2. The van der Waals surface area contributed by atoms with Crippen LogP contribution in [-0.2, 0) is 17.8 Å². The summed E-state index contributed by atoms with van der Waals surface area (Å²) in [6.45, 7) is 2.56. The van der Waals surface area contributed by atoms with Crippen molar-refractivity contribution in [3.05, 3.63) is 24.0 Å². The van der Waals surface area contributed by atoms with E-state index in [1.54, 1.807) is 0 Å². The van der Waals surface area contributed by atoms with Crippen molar-refractivity contribution >= 4 is 22.7 Å². The van der Waals surface area contributed by atoms with Crippen LogP contribution in [0.3, 0.4) is 0 Å². The van der Waals surface area contributed by atoms with Gasteiger partial charge in [-0.05, 0) is 18.6 Å². The van der Waals surface area contributed by atoms with Gasteiger partial charge in [0, 0.05) is 13.0 Å². The van der Waals surface area contributed by atoms with Crippen molar-refractivity contribution in [3.63, 3.8) is 0 Å². The number of fused-ring (bicyclic) bond motifs is 1. The number of anilines is 1. The maximum atomic E-state index is 10.8. The second-order valence-corrected chi connectivity index (χ2v) is 4.64. The van der Waals surface area contributed by atoms with E-state index in [2.05, 4.69) is 11.9 Å². The number of hydrogen-bond acceptors (Lipinski definition) is 3. The fourth-order valence-electron chi connectivity index (χ4n) is 2.20. The Hall–Kier alpha value is -2.04. The number of benzene rings is 1. The first-order valence-corrected chi connectivity index (χ1v) is 6.59. The first-order valence-electron chi connectivity index (χ1n) is 6.59. The van der Waals surface area contributed by atoms with E-state index in [1.165, 1.54) is 0 Å². The molecule has 2 rings (SSSR count). The summed E-state index contributed by atoms with van der Waals surface area (Å²) < 4.78 is 1.98. The average Bonchev–Trinajstić information content (AvgIpc) is 2.73. The zero-order valence-corrected chi connectivity index (χ0v) is 11.1. The monoisotopic (exact) mass is 261 g/mol. The molecule has 19 heavy (non-hydrogen) atoms. The van der Waals surface area contributed by atoms with E-state index in [4.69, 9.17) is 10.8 Å². The Bertz CT molecular complexity index is 590. The summed E-state index contributed by atoms with van der Waals surface area (Å²) >= 11 is 0. The molecular weight excluding hydrogens is 242 g/mol. The summed E-state index contributed by atoms with van der Waals surface area (Å²) in [5, 5.41) is 8.85. The maximum Gasteiger partial charge on any atom is 0.305 e. The van der Waals surface area contributed by atoms with Gasteiger partial charge >= 0.3 is 5.97 Å². The lowest BCUT2D eigenvalue weighted by molar-refractivity contribution is -0.137. The highest BCUT2D eigenvalue weighted by molar-refractivity contribution is 5.87. The molecule has 3 N–H and O–H groups in total. The number of aromatic nitrogens is 2. The predicted molar refractivity (Wildman–Crippen MR) is 75.0 cm³/mol. The van der Waals surface area contributed by atoms with Gasteiger partial charge < -0.3 is 15.4 Å². The molecule has 0 saturated carbocycles. The number of nitrogens with two attached hydrogens (primary N) is 1. The molecule has 0 saturated heterocycles. The van der Waals surface area contributed by atoms with Crippen LogP contribution >= 0.6 is 0 Å². The molecule has 0 unspecified atom stereocenters. The molecule has 0 amide bonds. The quantitative estimate of drug-likeness (QED) is 0.782. The number of carboxylic acids is 1. The summed E-state index contributed by atoms with van der Waals surface area (Å²) in [5.74, 6) is 0.128. The van der Waals surface area contributed by atoms with Gasteiger partial charge in [0.2, 0.25) is 0 Å². The highest BCUT2D eigenvalue weighted by atomic mass is 16.4. The Morgan fingerprint density at radius 2 is 2.26 bits per heavy atom. The molecule has 5 nitrogen and oxygen atoms in total. The first kappa shape index (κ1) is 13.4. The van der Waals surface area contributed by atoms with E-state index in [0.29, 0.717) is 12.2 Å². The van der Waals surface area contributed by atoms with Crippen LogP contribution in [0.4, 0.5) is 5.69 Å². The highest BCUT2D eigenvalue weighted by Crippen LogP contribution is 2.23. The smallest absolute Gasteiger partial charge is 0.305 e. The summed E-state index contributed by atoms with van der Waals surface area (Å²) in [7, 11) is 0. The molecule has 0 atom stereocenters. The van der Waals surface area contributed by atoms with E-state index in [9.17, 15) is 4.79 Å². The number of para-hydroxylation sites is 1. The van der Waals surface area contributed by atoms with Crippen molar-refractivity contribution in [2.75, 3.05) is 5.73 Å². The van der Waals surface area contributed by atoms with E-state index >= 15 is 0 Å². The minimum absolute atomic E-state index is 0.0966. The van der Waals surface area contributed by atoms with Crippen LogP contribution in [0.25, 0.3) is 11.0 Å². The Kier molecular flexibility index (Phi) is 4.04. The van der Waals surface area contributed by atoms with Crippen LogP contribution in [0.1, 0.15) is 32.0 Å². The number of imidazole rings is 1. The molecule has 102 valence electrons. The molecule has 0 aliphatic heterocycles. The van der Waals surface area contributed by atoms with E-state index in [-0.39, 0.29) is 6.42 Å². The number of carboxylic acid groups (broad SMARTS) is 1. The fourth-order valence-corrected chi connectivity index (χ4v) is 2.20. The fraction of sp³-hybridized carbons (Fsp3) is 0.429. The van der Waals surface area contributed by atoms with E-state index < -0.39 is 5.97 Å². The molecule has 0 fully saturated rings. The number of nitrogen functional groups attached to an aromatic ring is 1. The molecule has 1 heterocycles. The molecule has 1 aromatic heterocycles. The van der Waals surface area contributed by atoms with Crippen molar-refractivity contribution in [3.8, 4) is 0 Å². The minimum atomic E-state index is -0.799. The average molecular weight is 261 g/mol. The summed E-state index contributed by atoms with van der Waals surface area (Å²) in [6.07, 6.45) is 3.07.